The molecule has 2 atom stereocenters. The van der Waals surface area contributed by atoms with E-state index in [-0.39, 0.29) is 18.0 Å². The van der Waals surface area contributed by atoms with Gasteiger partial charge in [0.1, 0.15) is 17.7 Å². The van der Waals surface area contributed by atoms with Gasteiger partial charge in [0.25, 0.3) is 0 Å². The molecule has 2 unspecified atom stereocenters. The standard InChI is InChI=1S/C26H39N3O5/c1-17-10-8-9-13-20(17)22(23(31)27-18-11-6-5-7-12-18)29(19-14-15-19)24(32)21(16-30)28-25(33)34-26(2,3)4/h8-10,13,18-19,21-22,30H,5-7,11-12,14-16H2,1-4H3,(H,27,31)(H,28,33). The molecule has 0 bridgehead atoms. The van der Waals surface area contributed by atoms with Crippen LogP contribution in [0.1, 0.15) is 82.9 Å². The van der Waals surface area contributed by atoms with Crippen LogP contribution in [0, 0.1) is 6.92 Å². The van der Waals surface area contributed by atoms with Crippen molar-refractivity contribution in [2.75, 3.05) is 6.61 Å². The van der Waals surface area contributed by atoms with Gasteiger partial charge in [-0.1, -0.05) is 43.5 Å². The van der Waals surface area contributed by atoms with Crippen LogP contribution in [0.25, 0.3) is 0 Å². The summed E-state index contributed by atoms with van der Waals surface area (Å²) in [6.07, 6.45) is 5.97. The van der Waals surface area contributed by atoms with Crippen LogP contribution in [-0.4, -0.2) is 58.2 Å². The van der Waals surface area contributed by atoms with Crippen LogP contribution in [0.2, 0.25) is 0 Å². The smallest absolute Gasteiger partial charge is 0.408 e. The van der Waals surface area contributed by atoms with Gasteiger partial charge in [0.05, 0.1) is 6.61 Å². The SMILES string of the molecule is Cc1ccccc1C(C(=O)NC1CCCCC1)N(C(=O)C(CO)NC(=O)OC(C)(C)C)C1CC1. The van der Waals surface area contributed by atoms with Gasteiger partial charge in [-0.3, -0.25) is 9.59 Å². The quantitative estimate of drug-likeness (QED) is 0.537. The number of benzene rings is 1. The number of ether oxygens (including phenoxy) is 1. The van der Waals surface area contributed by atoms with E-state index in [0.29, 0.717) is 0 Å². The van der Waals surface area contributed by atoms with E-state index in [0.717, 1.165) is 49.7 Å². The van der Waals surface area contributed by atoms with Crippen molar-refractivity contribution >= 4 is 17.9 Å². The molecule has 0 heterocycles. The first-order valence-electron chi connectivity index (χ1n) is 12.4. The predicted molar refractivity (Wildman–Crippen MR) is 129 cm³/mol. The number of nitrogens with zero attached hydrogens (tertiary/aromatic N) is 1. The zero-order valence-corrected chi connectivity index (χ0v) is 20.8. The van der Waals surface area contributed by atoms with E-state index in [1.807, 2.05) is 31.2 Å². The molecule has 0 aliphatic heterocycles. The number of aryl methyl sites for hydroxylation is 1. The molecule has 0 aromatic heterocycles. The van der Waals surface area contributed by atoms with E-state index in [1.54, 1.807) is 25.7 Å². The fraction of sp³-hybridized carbons (Fsp3) is 0.654. The molecular weight excluding hydrogens is 434 g/mol. The molecule has 8 nitrogen and oxygen atoms in total. The fourth-order valence-electron chi connectivity index (χ4n) is 4.52. The van der Waals surface area contributed by atoms with Crippen molar-refractivity contribution in [3.8, 4) is 0 Å². The molecule has 1 aromatic rings. The van der Waals surface area contributed by atoms with Gasteiger partial charge >= 0.3 is 6.09 Å². The van der Waals surface area contributed by atoms with E-state index < -0.39 is 36.3 Å². The Balaban J connectivity index is 1.89. The maximum absolute atomic E-state index is 13.7. The minimum Gasteiger partial charge on any atom is -0.444 e. The van der Waals surface area contributed by atoms with E-state index in [9.17, 15) is 19.5 Å². The molecule has 188 valence electrons. The summed E-state index contributed by atoms with van der Waals surface area (Å²) >= 11 is 0. The third kappa shape index (κ3) is 6.95. The Morgan fingerprint density at radius 3 is 2.29 bits per heavy atom. The fourth-order valence-corrected chi connectivity index (χ4v) is 4.52. The number of aliphatic hydroxyl groups is 1. The number of rotatable bonds is 8. The van der Waals surface area contributed by atoms with Crippen LogP contribution in [0.5, 0.6) is 0 Å². The molecule has 3 rings (SSSR count). The first-order valence-corrected chi connectivity index (χ1v) is 12.4. The summed E-state index contributed by atoms with van der Waals surface area (Å²) in [5.41, 5.74) is 0.919. The normalized spacial score (nSPS) is 18.5. The van der Waals surface area contributed by atoms with Crippen molar-refractivity contribution in [1.29, 1.82) is 0 Å². The van der Waals surface area contributed by atoms with E-state index in [2.05, 4.69) is 10.6 Å². The summed E-state index contributed by atoms with van der Waals surface area (Å²) in [5, 5.41) is 15.7. The Labute approximate surface area is 202 Å². The maximum atomic E-state index is 13.7. The van der Waals surface area contributed by atoms with Crippen molar-refractivity contribution < 1.29 is 24.2 Å². The Kier molecular flexibility index (Phi) is 8.57. The lowest BCUT2D eigenvalue weighted by atomic mass is 9.93. The molecule has 2 aliphatic carbocycles. The van der Waals surface area contributed by atoms with Gasteiger partial charge in [0.15, 0.2) is 0 Å². The summed E-state index contributed by atoms with van der Waals surface area (Å²) < 4.78 is 5.28. The lowest BCUT2D eigenvalue weighted by Gasteiger charge is -2.36. The molecular formula is C26H39N3O5. The van der Waals surface area contributed by atoms with Gasteiger partial charge in [-0.25, -0.2) is 4.79 Å². The van der Waals surface area contributed by atoms with Gasteiger partial charge < -0.3 is 25.4 Å². The second kappa shape index (κ2) is 11.2. The van der Waals surface area contributed by atoms with Crippen LogP contribution in [-0.2, 0) is 14.3 Å². The van der Waals surface area contributed by atoms with Crippen LogP contribution < -0.4 is 10.6 Å². The molecule has 2 saturated carbocycles. The summed E-state index contributed by atoms with van der Waals surface area (Å²) in [5.74, 6) is -0.696. The van der Waals surface area contributed by atoms with E-state index >= 15 is 0 Å². The second-order valence-electron chi connectivity index (χ2n) is 10.5. The Morgan fingerprint density at radius 1 is 1.09 bits per heavy atom. The van der Waals surface area contributed by atoms with Crippen molar-refractivity contribution in [2.24, 2.45) is 0 Å². The largest absolute Gasteiger partial charge is 0.444 e. The van der Waals surface area contributed by atoms with Crippen molar-refractivity contribution in [3.63, 3.8) is 0 Å². The number of alkyl carbamates (subject to hydrolysis) is 1. The lowest BCUT2D eigenvalue weighted by Crippen LogP contribution is -2.55. The minimum absolute atomic E-state index is 0.0949. The van der Waals surface area contributed by atoms with Crippen LogP contribution in [0.3, 0.4) is 0 Å². The minimum atomic E-state index is -1.20. The highest BCUT2D eigenvalue weighted by molar-refractivity contribution is 5.93. The highest BCUT2D eigenvalue weighted by Crippen LogP contribution is 2.36. The van der Waals surface area contributed by atoms with E-state index in [4.69, 9.17) is 4.74 Å². The number of carbonyl (C=O) groups excluding carboxylic acids is 3. The molecule has 0 saturated heterocycles. The molecule has 3 N–H and O–H groups in total. The number of hydrogen-bond donors (Lipinski definition) is 3. The van der Waals surface area contributed by atoms with Crippen molar-refractivity contribution in [1.82, 2.24) is 15.5 Å². The van der Waals surface area contributed by atoms with Crippen molar-refractivity contribution in [2.45, 2.75) is 102 Å². The summed E-state index contributed by atoms with van der Waals surface area (Å²) in [6, 6.07) is 5.50. The molecule has 2 fully saturated rings. The van der Waals surface area contributed by atoms with Gasteiger partial charge in [-0.05, 0) is 64.5 Å². The Morgan fingerprint density at radius 2 is 1.74 bits per heavy atom. The number of carbonyl (C=O) groups is 3. The van der Waals surface area contributed by atoms with Crippen LogP contribution in [0.4, 0.5) is 4.79 Å². The second-order valence-corrected chi connectivity index (χ2v) is 10.5. The number of hydrogen-bond acceptors (Lipinski definition) is 5. The van der Waals surface area contributed by atoms with Gasteiger partial charge in [-0.2, -0.15) is 0 Å². The third-order valence-electron chi connectivity index (χ3n) is 6.33. The topological polar surface area (TPSA) is 108 Å². The zero-order valence-electron chi connectivity index (χ0n) is 20.8. The van der Waals surface area contributed by atoms with Crippen molar-refractivity contribution in [3.05, 3.63) is 35.4 Å². The van der Waals surface area contributed by atoms with Gasteiger partial charge in [0.2, 0.25) is 11.8 Å². The lowest BCUT2D eigenvalue weighted by molar-refractivity contribution is -0.144. The summed E-state index contributed by atoms with van der Waals surface area (Å²) in [6.45, 7) is 6.51. The van der Waals surface area contributed by atoms with E-state index in [1.165, 1.54) is 6.42 Å². The van der Waals surface area contributed by atoms with Crippen LogP contribution in [0.15, 0.2) is 24.3 Å². The van der Waals surface area contributed by atoms with Crippen LogP contribution >= 0.6 is 0 Å². The molecule has 2 aliphatic rings. The Bertz CT molecular complexity index is 871. The molecule has 3 amide bonds. The molecule has 0 radical (unpaired) electrons. The Hall–Kier alpha value is -2.61. The summed E-state index contributed by atoms with van der Waals surface area (Å²) in [7, 11) is 0. The molecule has 34 heavy (non-hydrogen) atoms. The summed E-state index contributed by atoms with van der Waals surface area (Å²) in [4.78, 5) is 41.3. The number of aliphatic hydroxyl groups excluding tert-OH is 1. The third-order valence-corrected chi connectivity index (χ3v) is 6.33. The first-order chi connectivity index (χ1) is 16.1. The maximum Gasteiger partial charge on any atom is 0.408 e. The number of amides is 3. The number of nitrogens with one attached hydrogen (secondary N) is 2. The highest BCUT2D eigenvalue weighted by Gasteiger charge is 2.44. The first kappa shape index (κ1) is 26.0. The monoisotopic (exact) mass is 473 g/mol. The average Bonchev–Trinajstić information content (AvgIpc) is 3.60. The average molecular weight is 474 g/mol. The highest BCUT2D eigenvalue weighted by atomic mass is 16.6. The molecule has 8 heteroatoms. The molecule has 0 spiro atoms. The molecule has 1 aromatic carbocycles. The predicted octanol–water partition coefficient (Wildman–Crippen LogP) is 3.36. The zero-order chi connectivity index (χ0) is 24.9. The van der Waals surface area contributed by atoms with Gasteiger partial charge in [0, 0.05) is 12.1 Å². The van der Waals surface area contributed by atoms with Gasteiger partial charge in [-0.15, -0.1) is 0 Å².